The summed E-state index contributed by atoms with van der Waals surface area (Å²) in [5.41, 5.74) is 11.7. The van der Waals surface area contributed by atoms with Gasteiger partial charge in [-0.3, -0.25) is 0 Å². The van der Waals surface area contributed by atoms with Crippen LogP contribution in [0.4, 0.5) is 0 Å². The van der Waals surface area contributed by atoms with Crippen LogP contribution in [-0.4, -0.2) is 15.0 Å². The van der Waals surface area contributed by atoms with Crippen molar-refractivity contribution in [2.75, 3.05) is 0 Å². The molecule has 2 heterocycles. The van der Waals surface area contributed by atoms with Crippen LogP contribution in [0.2, 0.25) is 0 Å². The molecule has 2 aromatic heterocycles. The normalized spacial score (nSPS) is 13.3. The maximum absolute atomic E-state index is 5.40. The first-order valence-corrected chi connectivity index (χ1v) is 15.5. The van der Waals surface area contributed by atoms with Crippen molar-refractivity contribution in [3.63, 3.8) is 0 Å². The summed E-state index contributed by atoms with van der Waals surface area (Å²) < 4.78 is 0. The van der Waals surface area contributed by atoms with Crippen molar-refractivity contribution in [2.45, 2.75) is 19.3 Å². The van der Waals surface area contributed by atoms with Gasteiger partial charge in [-0.05, 0) is 67.1 Å². The third-order valence-corrected chi connectivity index (χ3v) is 9.57. The Bertz CT molecular complexity index is 2440. The van der Waals surface area contributed by atoms with Crippen LogP contribution in [-0.2, 0) is 5.41 Å². The van der Waals surface area contributed by atoms with E-state index in [4.69, 9.17) is 4.98 Å². The second kappa shape index (κ2) is 9.67. The van der Waals surface area contributed by atoms with Crippen LogP contribution in [0.5, 0.6) is 0 Å². The molecule has 3 heteroatoms. The molecule has 0 atom stereocenters. The van der Waals surface area contributed by atoms with E-state index >= 15 is 0 Å². The average Bonchev–Trinajstić information content (AvgIpc) is 3.33. The largest absolute Gasteiger partial charge is 0.247 e. The summed E-state index contributed by atoms with van der Waals surface area (Å²) in [7, 11) is 0. The molecular formula is C42H29N3. The molecule has 45 heavy (non-hydrogen) atoms. The molecule has 0 aliphatic heterocycles. The Morgan fingerprint density at radius 1 is 0.511 bits per heavy atom. The number of hydrogen-bond acceptors (Lipinski definition) is 3. The van der Waals surface area contributed by atoms with E-state index in [1.807, 2.05) is 6.07 Å². The minimum atomic E-state index is -0.214. The first kappa shape index (κ1) is 25.8. The second-order valence-electron chi connectivity index (χ2n) is 12.4. The number of aromatic nitrogens is 3. The fourth-order valence-electron chi connectivity index (χ4n) is 7.49. The predicted octanol–water partition coefficient (Wildman–Crippen LogP) is 10.6. The summed E-state index contributed by atoms with van der Waals surface area (Å²) >= 11 is 0. The lowest BCUT2D eigenvalue weighted by Crippen LogP contribution is -2.17. The molecule has 0 N–H and O–H groups in total. The lowest BCUT2D eigenvalue weighted by Gasteiger charge is -2.26. The fraction of sp³-hybridized carbons (Fsp3) is 0.0714. The molecule has 0 spiro atoms. The summed E-state index contributed by atoms with van der Waals surface area (Å²) in [5.74, 6) is 0.735. The van der Waals surface area contributed by atoms with Crippen LogP contribution in [0.15, 0.2) is 140 Å². The minimum Gasteiger partial charge on any atom is -0.247 e. The van der Waals surface area contributed by atoms with Crippen molar-refractivity contribution in [2.24, 2.45) is 0 Å². The third kappa shape index (κ3) is 3.80. The zero-order valence-electron chi connectivity index (χ0n) is 25.1. The van der Waals surface area contributed by atoms with Gasteiger partial charge >= 0.3 is 0 Å². The van der Waals surface area contributed by atoms with Gasteiger partial charge in [-0.2, -0.15) is 0 Å². The fourth-order valence-corrected chi connectivity index (χ4v) is 7.49. The number of benzene rings is 6. The van der Waals surface area contributed by atoms with Gasteiger partial charge in [0, 0.05) is 34.3 Å². The lowest BCUT2D eigenvalue weighted by molar-refractivity contribution is 0.662. The maximum Gasteiger partial charge on any atom is 0.159 e. The van der Waals surface area contributed by atoms with E-state index in [1.54, 1.807) is 12.4 Å². The molecule has 0 radical (unpaired) electrons. The molecule has 0 bridgehead atoms. The lowest BCUT2D eigenvalue weighted by atomic mass is 9.77. The molecule has 0 amide bonds. The van der Waals surface area contributed by atoms with Crippen LogP contribution < -0.4 is 0 Å². The summed E-state index contributed by atoms with van der Waals surface area (Å²) in [6.45, 7) is 4.71. The molecule has 8 aromatic rings. The number of nitrogens with zero attached hydrogens (tertiary/aromatic N) is 3. The smallest absolute Gasteiger partial charge is 0.159 e. The van der Waals surface area contributed by atoms with Crippen molar-refractivity contribution < 1.29 is 0 Å². The van der Waals surface area contributed by atoms with Gasteiger partial charge in [-0.15, -0.1) is 0 Å². The molecule has 1 aliphatic carbocycles. The average molecular weight is 576 g/mol. The van der Waals surface area contributed by atoms with Crippen LogP contribution in [0.1, 0.15) is 25.0 Å². The monoisotopic (exact) mass is 575 g/mol. The van der Waals surface area contributed by atoms with Gasteiger partial charge in [0.05, 0.1) is 11.2 Å². The Kier molecular flexibility index (Phi) is 5.54. The van der Waals surface area contributed by atoms with Gasteiger partial charge < -0.3 is 0 Å². The predicted molar refractivity (Wildman–Crippen MR) is 186 cm³/mol. The van der Waals surface area contributed by atoms with Gasteiger partial charge in [-0.25, -0.2) is 15.0 Å². The molecule has 0 unspecified atom stereocenters. The SMILES string of the molecule is CC1(C)c2ccccc2-c2nc3ccc4ccccc4c3c(-c3ccc(-c4ccc(-c5ncccn5)cc4)c4ccccc34)c21. The summed E-state index contributed by atoms with van der Waals surface area (Å²) in [4.78, 5) is 14.3. The molecule has 3 nitrogen and oxygen atoms in total. The van der Waals surface area contributed by atoms with E-state index in [0.717, 1.165) is 22.6 Å². The number of hydrogen-bond donors (Lipinski definition) is 0. The number of pyridine rings is 1. The summed E-state index contributed by atoms with van der Waals surface area (Å²) in [5, 5.41) is 6.15. The van der Waals surface area contributed by atoms with Crippen LogP contribution in [0.25, 0.3) is 77.3 Å². The van der Waals surface area contributed by atoms with E-state index in [-0.39, 0.29) is 5.41 Å². The Morgan fingerprint density at radius 3 is 1.96 bits per heavy atom. The van der Waals surface area contributed by atoms with E-state index in [2.05, 4.69) is 145 Å². The van der Waals surface area contributed by atoms with Crippen LogP contribution in [0.3, 0.4) is 0 Å². The first-order valence-electron chi connectivity index (χ1n) is 15.5. The number of rotatable bonds is 3. The van der Waals surface area contributed by atoms with Crippen LogP contribution in [0, 0.1) is 0 Å². The molecule has 212 valence electrons. The Hall–Kier alpha value is -5.67. The molecule has 0 fully saturated rings. The highest BCUT2D eigenvalue weighted by Crippen LogP contribution is 2.55. The summed E-state index contributed by atoms with van der Waals surface area (Å²) in [6.07, 6.45) is 3.57. The first-order chi connectivity index (χ1) is 22.1. The molecule has 6 aromatic carbocycles. The van der Waals surface area contributed by atoms with E-state index < -0.39 is 0 Å². The van der Waals surface area contributed by atoms with E-state index in [1.165, 1.54) is 65.9 Å². The van der Waals surface area contributed by atoms with Crippen molar-refractivity contribution >= 4 is 32.4 Å². The van der Waals surface area contributed by atoms with Gasteiger partial charge in [0.15, 0.2) is 5.82 Å². The Morgan fingerprint density at radius 2 is 1.16 bits per heavy atom. The molecule has 9 rings (SSSR count). The van der Waals surface area contributed by atoms with E-state index in [9.17, 15) is 0 Å². The molecule has 0 saturated carbocycles. The highest BCUT2D eigenvalue weighted by atomic mass is 14.8. The topological polar surface area (TPSA) is 38.7 Å². The van der Waals surface area contributed by atoms with Gasteiger partial charge in [0.25, 0.3) is 0 Å². The van der Waals surface area contributed by atoms with Gasteiger partial charge in [0.1, 0.15) is 0 Å². The van der Waals surface area contributed by atoms with Crippen molar-refractivity contribution in [3.05, 3.63) is 151 Å². The summed E-state index contributed by atoms with van der Waals surface area (Å²) in [6, 6.07) is 45.8. The molecular weight excluding hydrogens is 546 g/mol. The zero-order chi connectivity index (χ0) is 30.1. The Labute approximate surface area is 261 Å². The third-order valence-electron chi connectivity index (χ3n) is 9.57. The number of fused-ring (bicyclic) bond motifs is 7. The maximum atomic E-state index is 5.40. The second-order valence-corrected chi connectivity index (χ2v) is 12.4. The highest BCUT2D eigenvalue weighted by Gasteiger charge is 2.40. The Balaban J connectivity index is 1.35. The highest BCUT2D eigenvalue weighted by molar-refractivity contribution is 6.19. The van der Waals surface area contributed by atoms with Crippen molar-refractivity contribution in [3.8, 4) is 44.9 Å². The van der Waals surface area contributed by atoms with Gasteiger partial charge in [-0.1, -0.05) is 129 Å². The van der Waals surface area contributed by atoms with E-state index in [0.29, 0.717) is 0 Å². The quantitative estimate of drug-likeness (QED) is 0.197. The minimum absolute atomic E-state index is 0.214. The van der Waals surface area contributed by atoms with Gasteiger partial charge in [0.2, 0.25) is 0 Å². The van der Waals surface area contributed by atoms with Crippen molar-refractivity contribution in [1.29, 1.82) is 0 Å². The standard InChI is InChI=1S/C42H29N3/c1-42(2)35-15-8-7-14-34(35)40-39(42)38(37-30-11-4-3-10-26(30)20-23-36(37)45-40)33-22-21-29(31-12-5-6-13-32(31)33)27-16-18-28(19-17-27)41-43-24-9-25-44-41/h3-25H,1-2H3. The van der Waals surface area contributed by atoms with Crippen molar-refractivity contribution in [1.82, 2.24) is 15.0 Å². The molecule has 1 aliphatic rings. The van der Waals surface area contributed by atoms with Crippen LogP contribution >= 0.6 is 0 Å². The molecule has 0 saturated heterocycles. The zero-order valence-corrected chi connectivity index (χ0v) is 25.1.